The zero-order chi connectivity index (χ0) is 11.5. The Morgan fingerprint density at radius 3 is 2.73 bits per heavy atom. The van der Waals surface area contributed by atoms with Crippen LogP contribution >= 0.6 is 11.6 Å². The Kier molecular flexibility index (Phi) is 3.65. The second-order valence-corrected chi connectivity index (χ2v) is 5.09. The summed E-state index contributed by atoms with van der Waals surface area (Å²) in [6.45, 7) is 0. The second-order valence-electron chi connectivity index (χ2n) is 2.79. The molecule has 84 valence electrons. The summed E-state index contributed by atoms with van der Waals surface area (Å²) in [5, 5.41) is -0.523. The maximum Gasteiger partial charge on any atom is 0.246 e. The Labute approximate surface area is 93.2 Å². The predicted molar refractivity (Wildman–Crippen MR) is 60.7 cm³/mol. The third-order valence-corrected chi connectivity index (χ3v) is 3.31. The number of methoxy groups -OCH3 is 1. The first-order chi connectivity index (χ1) is 6.98. The SMILES string of the molecule is COc1ccc(N)cc1NS(=O)(=O)CCl. The molecule has 0 heterocycles. The van der Waals surface area contributed by atoms with Crippen molar-refractivity contribution in [3.05, 3.63) is 18.2 Å². The molecule has 0 spiro atoms. The third-order valence-electron chi connectivity index (χ3n) is 1.63. The van der Waals surface area contributed by atoms with Gasteiger partial charge in [0.2, 0.25) is 10.0 Å². The van der Waals surface area contributed by atoms with E-state index in [1.54, 1.807) is 12.1 Å². The van der Waals surface area contributed by atoms with E-state index in [4.69, 9.17) is 22.1 Å². The minimum absolute atomic E-state index is 0.276. The van der Waals surface area contributed by atoms with Crippen LogP contribution in [0.3, 0.4) is 0 Å². The van der Waals surface area contributed by atoms with E-state index in [1.165, 1.54) is 13.2 Å². The summed E-state index contributed by atoms with van der Waals surface area (Å²) in [6.07, 6.45) is 0. The Bertz CT molecular complexity index is 447. The standard InChI is InChI=1S/C8H11ClN2O3S/c1-14-8-3-2-6(10)4-7(8)11-15(12,13)5-9/h2-4,11H,5,10H2,1H3. The molecule has 0 aliphatic carbocycles. The zero-order valence-corrected chi connectivity index (χ0v) is 9.60. The number of benzene rings is 1. The third kappa shape index (κ3) is 3.17. The van der Waals surface area contributed by atoms with Gasteiger partial charge in [-0.25, -0.2) is 8.42 Å². The van der Waals surface area contributed by atoms with Crippen molar-refractivity contribution in [3.8, 4) is 5.75 Å². The van der Waals surface area contributed by atoms with Gasteiger partial charge in [-0.2, -0.15) is 0 Å². The van der Waals surface area contributed by atoms with Crippen molar-refractivity contribution in [2.75, 3.05) is 22.8 Å². The number of hydrogen-bond acceptors (Lipinski definition) is 4. The lowest BCUT2D eigenvalue weighted by Gasteiger charge is -2.10. The largest absolute Gasteiger partial charge is 0.495 e. The molecule has 15 heavy (non-hydrogen) atoms. The minimum Gasteiger partial charge on any atom is -0.495 e. The molecule has 5 nitrogen and oxygen atoms in total. The van der Waals surface area contributed by atoms with Crippen molar-refractivity contribution < 1.29 is 13.2 Å². The second kappa shape index (κ2) is 4.59. The summed E-state index contributed by atoms with van der Waals surface area (Å²) in [5.41, 5.74) is 6.23. The van der Waals surface area contributed by atoms with Gasteiger partial charge in [-0.05, 0) is 18.2 Å². The molecule has 7 heteroatoms. The lowest BCUT2D eigenvalue weighted by molar-refractivity contribution is 0.417. The summed E-state index contributed by atoms with van der Waals surface area (Å²) in [7, 11) is -2.11. The van der Waals surface area contributed by atoms with Crippen LogP contribution in [0.5, 0.6) is 5.75 Å². The Hall–Kier alpha value is -1.14. The number of nitrogens with one attached hydrogen (secondary N) is 1. The van der Waals surface area contributed by atoms with Crippen molar-refractivity contribution in [1.82, 2.24) is 0 Å². The number of nitrogens with two attached hydrogens (primary N) is 1. The highest BCUT2D eigenvalue weighted by atomic mass is 35.5. The van der Waals surface area contributed by atoms with Crippen molar-refractivity contribution in [2.45, 2.75) is 0 Å². The molecular weight excluding hydrogens is 240 g/mol. The molecule has 0 aliphatic rings. The molecule has 0 aliphatic heterocycles. The molecule has 0 aromatic heterocycles. The first-order valence-corrected chi connectivity index (χ1v) is 6.17. The first-order valence-electron chi connectivity index (χ1n) is 3.98. The van der Waals surface area contributed by atoms with Crippen LogP contribution in [0, 0.1) is 0 Å². The lowest BCUT2D eigenvalue weighted by atomic mass is 10.2. The topological polar surface area (TPSA) is 81.4 Å². The fourth-order valence-corrected chi connectivity index (χ4v) is 1.71. The van der Waals surface area contributed by atoms with Crippen LogP contribution in [0.25, 0.3) is 0 Å². The van der Waals surface area contributed by atoms with Gasteiger partial charge in [0.1, 0.15) is 11.0 Å². The average molecular weight is 251 g/mol. The van der Waals surface area contributed by atoms with Gasteiger partial charge in [-0.3, -0.25) is 4.72 Å². The molecule has 0 fully saturated rings. The zero-order valence-electron chi connectivity index (χ0n) is 8.03. The molecule has 0 amide bonds. The summed E-state index contributed by atoms with van der Waals surface area (Å²) < 4.78 is 29.6. The van der Waals surface area contributed by atoms with E-state index in [1.807, 2.05) is 0 Å². The molecule has 1 rings (SSSR count). The number of alkyl halides is 1. The van der Waals surface area contributed by atoms with E-state index < -0.39 is 15.2 Å². The normalized spacial score (nSPS) is 11.1. The first kappa shape index (κ1) is 11.9. The van der Waals surface area contributed by atoms with Crippen LogP contribution in [0.2, 0.25) is 0 Å². The van der Waals surface area contributed by atoms with E-state index in [2.05, 4.69) is 4.72 Å². The van der Waals surface area contributed by atoms with E-state index in [-0.39, 0.29) is 5.69 Å². The van der Waals surface area contributed by atoms with Crippen LogP contribution in [-0.2, 0) is 10.0 Å². The van der Waals surface area contributed by atoms with Gasteiger partial charge in [0, 0.05) is 5.69 Å². The van der Waals surface area contributed by atoms with Crippen LogP contribution in [0.1, 0.15) is 0 Å². The van der Waals surface area contributed by atoms with Crippen LogP contribution in [0.4, 0.5) is 11.4 Å². The minimum atomic E-state index is -3.54. The summed E-state index contributed by atoms with van der Waals surface area (Å²) in [5.74, 6) is 0.387. The molecule has 0 unspecified atom stereocenters. The van der Waals surface area contributed by atoms with Gasteiger partial charge in [0.15, 0.2) is 0 Å². The van der Waals surface area contributed by atoms with Gasteiger partial charge >= 0.3 is 0 Å². The highest BCUT2D eigenvalue weighted by molar-refractivity contribution is 7.93. The maximum absolute atomic E-state index is 11.2. The molecule has 1 aromatic carbocycles. The van der Waals surface area contributed by atoms with Gasteiger partial charge in [0.05, 0.1) is 12.8 Å². The Balaban J connectivity index is 3.08. The lowest BCUT2D eigenvalue weighted by Crippen LogP contribution is -2.14. The molecule has 0 bridgehead atoms. The van der Waals surface area contributed by atoms with Crippen LogP contribution < -0.4 is 15.2 Å². The highest BCUT2D eigenvalue weighted by Crippen LogP contribution is 2.27. The van der Waals surface area contributed by atoms with Crippen LogP contribution in [-0.4, -0.2) is 20.7 Å². The number of halogens is 1. The van der Waals surface area contributed by atoms with E-state index >= 15 is 0 Å². The molecule has 0 saturated carbocycles. The van der Waals surface area contributed by atoms with Crippen LogP contribution in [0.15, 0.2) is 18.2 Å². The van der Waals surface area contributed by atoms with Gasteiger partial charge < -0.3 is 10.5 Å². The average Bonchev–Trinajstić information content (AvgIpc) is 2.18. The highest BCUT2D eigenvalue weighted by Gasteiger charge is 2.11. The molecular formula is C8H11ClN2O3S. The fraction of sp³-hybridized carbons (Fsp3) is 0.250. The number of nitrogen functional groups attached to an aromatic ring is 1. The Morgan fingerprint density at radius 2 is 2.20 bits per heavy atom. The summed E-state index contributed by atoms with van der Waals surface area (Å²) in [6, 6.07) is 4.64. The number of rotatable bonds is 4. The van der Waals surface area contributed by atoms with Crippen molar-refractivity contribution in [3.63, 3.8) is 0 Å². The molecule has 0 saturated heterocycles. The smallest absolute Gasteiger partial charge is 0.246 e. The number of sulfonamides is 1. The van der Waals surface area contributed by atoms with E-state index in [9.17, 15) is 8.42 Å². The summed E-state index contributed by atoms with van der Waals surface area (Å²) in [4.78, 5) is 0. The number of hydrogen-bond donors (Lipinski definition) is 2. The van der Waals surface area contributed by atoms with Crippen molar-refractivity contribution >= 4 is 33.0 Å². The molecule has 3 N–H and O–H groups in total. The van der Waals surface area contributed by atoms with Gasteiger partial charge in [0.25, 0.3) is 0 Å². The molecule has 0 radical (unpaired) electrons. The Morgan fingerprint density at radius 1 is 1.53 bits per heavy atom. The van der Waals surface area contributed by atoms with Crippen molar-refractivity contribution in [2.24, 2.45) is 0 Å². The maximum atomic E-state index is 11.2. The molecule has 0 atom stereocenters. The van der Waals surface area contributed by atoms with E-state index in [0.717, 1.165) is 0 Å². The summed E-state index contributed by atoms with van der Waals surface area (Å²) >= 11 is 5.26. The molecule has 1 aromatic rings. The fourth-order valence-electron chi connectivity index (χ4n) is 1.00. The quantitative estimate of drug-likeness (QED) is 0.622. The predicted octanol–water partition coefficient (Wildman–Crippen LogP) is 1.22. The van der Waals surface area contributed by atoms with E-state index in [0.29, 0.717) is 11.4 Å². The number of anilines is 2. The van der Waals surface area contributed by atoms with Crippen molar-refractivity contribution in [1.29, 1.82) is 0 Å². The van der Waals surface area contributed by atoms with Gasteiger partial charge in [-0.15, -0.1) is 11.6 Å². The number of ether oxygens (including phenoxy) is 1. The monoisotopic (exact) mass is 250 g/mol. The van der Waals surface area contributed by atoms with Gasteiger partial charge in [-0.1, -0.05) is 0 Å².